The van der Waals surface area contributed by atoms with Gasteiger partial charge in [-0.2, -0.15) is 0 Å². The highest BCUT2D eigenvalue weighted by Gasteiger charge is 2.20. The molecule has 0 spiro atoms. The van der Waals surface area contributed by atoms with Crippen LogP contribution in [0.4, 0.5) is 11.6 Å². The van der Waals surface area contributed by atoms with Gasteiger partial charge >= 0.3 is 0 Å². The molecule has 0 aliphatic carbocycles. The van der Waals surface area contributed by atoms with Crippen molar-refractivity contribution < 1.29 is 4.79 Å². The van der Waals surface area contributed by atoms with Crippen molar-refractivity contribution in [2.45, 2.75) is 0 Å². The molecule has 1 amide bonds. The lowest BCUT2D eigenvalue weighted by Gasteiger charge is -2.26. The van der Waals surface area contributed by atoms with E-state index in [1.807, 2.05) is 53.6 Å². The van der Waals surface area contributed by atoms with Crippen molar-refractivity contribution in [2.75, 3.05) is 31.5 Å². The lowest BCUT2D eigenvalue weighted by Crippen LogP contribution is -2.46. The van der Waals surface area contributed by atoms with Gasteiger partial charge in [-0.05, 0) is 41.5 Å². The number of carbonyl (C=O) groups excluding carboxylic acids is 1. The van der Waals surface area contributed by atoms with E-state index in [9.17, 15) is 4.79 Å². The summed E-state index contributed by atoms with van der Waals surface area (Å²) in [4.78, 5) is 25.1. The number of fused-ring (bicyclic) bond motifs is 3. The van der Waals surface area contributed by atoms with Crippen LogP contribution in [0.25, 0.3) is 32.1 Å². The van der Waals surface area contributed by atoms with Gasteiger partial charge in [-0.15, -0.1) is 11.3 Å². The van der Waals surface area contributed by atoms with E-state index in [0.717, 1.165) is 68.9 Å². The summed E-state index contributed by atoms with van der Waals surface area (Å²) in [6.45, 7) is 3.17. The van der Waals surface area contributed by atoms with Crippen LogP contribution in [-0.2, 0) is 0 Å². The molecule has 0 atom stereocenters. The van der Waals surface area contributed by atoms with Crippen molar-refractivity contribution in [2.24, 2.45) is 0 Å². The number of thiophene rings is 1. The smallest absolute Gasteiger partial charge is 0.264 e. The molecule has 3 heterocycles. The number of anilines is 2. The predicted molar refractivity (Wildman–Crippen MR) is 139 cm³/mol. The van der Waals surface area contributed by atoms with Crippen LogP contribution in [0.5, 0.6) is 0 Å². The molecule has 1 saturated heterocycles. The monoisotopic (exact) mass is 465 g/mol. The Hall–Kier alpha value is -3.81. The molecule has 7 heteroatoms. The van der Waals surface area contributed by atoms with E-state index < -0.39 is 0 Å². The zero-order valence-corrected chi connectivity index (χ0v) is 19.3. The first-order chi connectivity index (χ1) is 16.7. The number of nitrogens with one attached hydrogen (secondary N) is 2. The lowest BCUT2D eigenvalue weighted by molar-refractivity contribution is 0.0741. The molecule has 168 valence electrons. The number of hydrogen-bond acceptors (Lipinski definition) is 6. The van der Waals surface area contributed by atoms with Crippen molar-refractivity contribution in [3.63, 3.8) is 0 Å². The first-order valence-corrected chi connectivity index (χ1v) is 12.2. The normalized spacial score (nSPS) is 13.9. The largest absolute Gasteiger partial charge is 0.335 e. The van der Waals surface area contributed by atoms with Crippen LogP contribution < -0.4 is 10.6 Å². The van der Waals surface area contributed by atoms with Crippen LogP contribution in [0.2, 0.25) is 0 Å². The summed E-state index contributed by atoms with van der Waals surface area (Å²) in [5.74, 6) is 0.632. The molecule has 0 radical (unpaired) electrons. The van der Waals surface area contributed by atoms with Crippen LogP contribution in [0.3, 0.4) is 0 Å². The maximum atomic E-state index is 13.0. The molecule has 5 aromatic rings. The van der Waals surface area contributed by atoms with Gasteiger partial charge in [-0.1, -0.05) is 42.5 Å². The molecule has 34 heavy (non-hydrogen) atoms. The maximum Gasteiger partial charge on any atom is 0.264 e. The molecule has 0 bridgehead atoms. The predicted octanol–water partition coefficient (Wildman–Crippen LogP) is 5.30. The third-order valence-electron chi connectivity index (χ3n) is 6.09. The van der Waals surface area contributed by atoms with E-state index in [-0.39, 0.29) is 5.91 Å². The van der Waals surface area contributed by atoms with Crippen molar-refractivity contribution in [1.29, 1.82) is 0 Å². The zero-order valence-electron chi connectivity index (χ0n) is 18.5. The summed E-state index contributed by atoms with van der Waals surface area (Å²) in [6, 6.07) is 24.6. The maximum absolute atomic E-state index is 13.0. The van der Waals surface area contributed by atoms with Crippen molar-refractivity contribution >= 4 is 49.9 Å². The van der Waals surface area contributed by atoms with Crippen LogP contribution >= 0.6 is 11.3 Å². The van der Waals surface area contributed by atoms with Gasteiger partial charge in [0.15, 0.2) is 0 Å². The molecule has 1 aliphatic rings. The quantitative estimate of drug-likeness (QED) is 0.377. The molecule has 0 unspecified atom stereocenters. The van der Waals surface area contributed by atoms with Gasteiger partial charge in [0.25, 0.3) is 5.91 Å². The number of aromatic nitrogens is 2. The average Bonchev–Trinajstić information content (AvgIpc) is 3.34. The van der Waals surface area contributed by atoms with E-state index in [2.05, 4.69) is 45.9 Å². The summed E-state index contributed by atoms with van der Waals surface area (Å²) in [7, 11) is 0. The molecule has 0 saturated carbocycles. The second-order valence-corrected chi connectivity index (χ2v) is 9.42. The van der Waals surface area contributed by atoms with Crippen LogP contribution in [0.1, 0.15) is 9.67 Å². The Bertz CT molecular complexity index is 1490. The van der Waals surface area contributed by atoms with E-state index in [0.29, 0.717) is 5.95 Å². The molecule has 2 aromatic heterocycles. The molecule has 1 aliphatic heterocycles. The summed E-state index contributed by atoms with van der Waals surface area (Å²) in [5, 5.41) is 8.59. The van der Waals surface area contributed by atoms with Crippen molar-refractivity contribution in [3.8, 4) is 11.1 Å². The van der Waals surface area contributed by atoms with Gasteiger partial charge in [0.05, 0.1) is 10.4 Å². The number of hydrogen-bond donors (Lipinski definition) is 2. The first kappa shape index (κ1) is 20.8. The molecule has 3 aromatic carbocycles. The zero-order chi connectivity index (χ0) is 22.9. The summed E-state index contributed by atoms with van der Waals surface area (Å²) >= 11 is 1.53. The van der Waals surface area contributed by atoms with Gasteiger partial charge in [0.1, 0.15) is 0 Å². The Morgan fingerprint density at radius 2 is 1.76 bits per heavy atom. The van der Waals surface area contributed by atoms with Crippen molar-refractivity contribution in [1.82, 2.24) is 20.2 Å². The fourth-order valence-corrected chi connectivity index (χ4v) is 5.37. The Morgan fingerprint density at radius 1 is 0.941 bits per heavy atom. The summed E-state index contributed by atoms with van der Waals surface area (Å²) < 4.78 is 1.06. The van der Waals surface area contributed by atoms with Crippen molar-refractivity contribution in [3.05, 3.63) is 83.9 Å². The average molecular weight is 466 g/mol. The van der Waals surface area contributed by atoms with Gasteiger partial charge < -0.3 is 15.5 Å². The molecule has 6 rings (SSSR count). The first-order valence-electron chi connectivity index (χ1n) is 11.4. The summed E-state index contributed by atoms with van der Waals surface area (Å²) in [5.41, 5.74) is 4.06. The standard InChI is InChI=1S/C27H23N5OS/c33-26(32-13-11-28-12-14-32)24-16-22-23(34-24)10-9-20-17-29-27(31-25(20)22)30-21-8-4-7-19(15-21)18-5-2-1-3-6-18/h1-10,15-17,28H,11-14H2,(H,29,30,31). The third kappa shape index (κ3) is 4.00. The van der Waals surface area contributed by atoms with Gasteiger partial charge in [-0.25, -0.2) is 9.97 Å². The molecule has 6 nitrogen and oxygen atoms in total. The minimum Gasteiger partial charge on any atom is -0.335 e. The Kier molecular flexibility index (Phi) is 5.41. The number of nitrogens with zero attached hydrogens (tertiary/aromatic N) is 3. The second-order valence-electron chi connectivity index (χ2n) is 8.33. The highest BCUT2D eigenvalue weighted by atomic mass is 32.1. The Morgan fingerprint density at radius 3 is 2.62 bits per heavy atom. The molecular formula is C27H23N5OS. The molecular weight excluding hydrogens is 442 g/mol. The van der Waals surface area contributed by atoms with Gasteiger partial charge in [0, 0.05) is 53.5 Å². The Labute approximate surface area is 201 Å². The lowest BCUT2D eigenvalue weighted by atomic mass is 10.1. The number of amides is 1. The third-order valence-corrected chi connectivity index (χ3v) is 7.18. The van der Waals surface area contributed by atoms with Crippen LogP contribution in [0, 0.1) is 0 Å². The topological polar surface area (TPSA) is 70.2 Å². The van der Waals surface area contributed by atoms with Gasteiger partial charge in [-0.3, -0.25) is 4.79 Å². The molecule has 1 fully saturated rings. The number of piperazine rings is 1. The molecule has 2 N–H and O–H groups in total. The fraction of sp³-hybridized carbons (Fsp3) is 0.148. The van der Waals surface area contributed by atoms with E-state index in [1.54, 1.807) is 0 Å². The van der Waals surface area contributed by atoms with E-state index in [4.69, 9.17) is 4.98 Å². The van der Waals surface area contributed by atoms with Crippen LogP contribution in [-0.4, -0.2) is 47.0 Å². The second kappa shape index (κ2) is 8.85. The van der Waals surface area contributed by atoms with E-state index in [1.165, 1.54) is 11.3 Å². The Balaban J connectivity index is 1.33. The number of benzene rings is 3. The van der Waals surface area contributed by atoms with E-state index >= 15 is 0 Å². The highest BCUT2D eigenvalue weighted by Crippen LogP contribution is 2.32. The number of rotatable bonds is 4. The number of carbonyl (C=O) groups is 1. The SMILES string of the molecule is O=C(c1cc2c(ccc3cnc(Nc4cccc(-c5ccccc5)c4)nc32)s1)N1CCNCC1. The van der Waals surface area contributed by atoms with Gasteiger partial charge in [0.2, 0.25) is 5.95 Å². The minimum absolute atomic E-state index is 0.0981. The van der Waals surface area contributed by atoms with Crippen LogP contribution in [0.15, 0.2) is 79.0 Å². The summed E-state index contributed by atoms with van der Waals surface area (Å²) in [6.07, 6.45) is 1.83. The fourth-order valence-electron chi connectivity index (χ4n) is 4.33. The highest BCUT2D eigenvalue weighted by molar-refractivity contribution is 7.21. The minimum atomic E-state index is 0.0981.